The fourth-order valence-corrected chi connectivity index (χ4v) is 14.4. The third-order valence-corrected chi connectivity index (χ3v) is 19.2. The predicted molar refractivity (Wildman–Crippen MR) is 373 cm³/mol. The van der Waals surface area contributed by atoms with E-state index in [2.05, 4.69) is 11.2 Å². The highest BCUT2D eigenvalue weighted by molar-refractivity contribution is 6.42. The van der Waals surface area contributed by atoms with Gasteiger partial charge in [-0.25, -0.2) is 33.6 Å². The van der Waals surface area contributed by atoms with Gasteiger partial charge in [0, 0.05) is 98.1 Å². The second-order valence-corrected chi connectivity index (χ2v) is 25.6. The first-order chi connectivity index (χ1) is 49.8. The molecule has 532 valence electrons. The van der Waals surface area contributed by atoms with Crippen molar-refractivity contribution in [3.8, 4) is 58.3 Å². The number of ether oxygens (including phenoxy) is 11. The van der Waals surface area contributed by atoms with Gasteiger partial charge in [-0.05, 0) is 148 Å². The number of hydrogen-bond donors (Lipinski definition) is 2. The van der Waals surface area contributed by atoms with Crippen molar-refractivity contribution in [2.24, 2.45) is 17.8 Å². The molecule has 3 unspecified atom stereocenters. The van der Waals surface area contributed by atoms with E-state index >= 15 is 14.4 Å². The van der Waals surface area contributed by atoms with Crippen molar-refractivity contribution >= 4 is 108 Å². The summed E-state index contributed by atoms with van der Waals surface area (Å²) in [5, 5.41) is 15.0. The lowest BCUT2D eigenvalue weighted by atomic mass is 9.69. The summed E-state index contributed by atoms with van der Waals surface area (Å²) in [6.07, 6.45) is 7.26. The van der Waals surface area contributed by atoms with Crippen LogP contribution < -0.4 is 24.3 Å². The molecular formula is C79H68N2O23. The number of methoxy groups -OCH3 is 7. The number of carbonyl (C=O) groups is 11. The maximum Gasteiger partial charge on any atom is 0.338 e. The van der Waals surface area contributed by atoms with Crippen molar-refractivity contribution < 1.29 is 110 Å². The van der Waals surface area contributed by atoms with Crippen LogP contribution >= 0.6 is 0 Å². The summed E-state index contributed by atoms with van der Waals surface area (Å²) in [4.78, 5) is 158. The monoisotopic (exact) mass is 1410 g/mol. The Labute approximate surface area is 593 Å². The van der Waals surface area contributed by atoms with Crippen molar-refractivity contribution in [1.82, 2.24) is 10.2 Å². The normalized spacial score (nSPS) is 16.4. The predicted octanol–water partition coefficient (Wildman–Crippen LogP) is 12.7. The van der Waals surface area contributed by atoms with Gasteiger partial charge in [-0.2, -0.15) is 0 Å². The van der Waals surface area contributed by atoms with Crippen molar-refractivity contribution in [3.05, 3.63) is 164 Å². The molecule has 0 spiro atoms. The second-order valence-electron chi connectivity index (χ2n) is 25.6. The Hall–Kier alpha value is -12.4. The van der Waals surface area contributed by atoms with Crippen LogP contribution in [0.4, 0.5) is 0 Å². The summed E-state index contributed by atoms with van der Waals surface area (Å²) >= 11 is 0. The second kappa shape index (κ2) is 28.5. The molecule has 104 heavy (non-hydrogen) atoms. The summed E-state index contributed by atoms with van der Waals surface area (Å²) in [5.74, 6) is -9.35. The van der Waals surface area contributed by atoms with E-state index in [1.807, 2.05) is 0 Å². The Morgan fingerprint density at radius 3 is 1.26 bits per heavy atom. The first-order valence-electron chi connectivity index (χ1n) is 32.8. The zero-order valence-electron chi connectivity index (χ0n) is 58.1. The molecule has 0 aromatic heterocycles. The molecule has 9 aromatic rings. The smallest absolute Gasteiger partial charge is 0.338 e. The van der Waals surface area contributed by atoms with E-state index in [4.69, 9.17) is 58.5 Å². The zero-order chi connectivity index (χ0) is 74.5. The number of terminal acetylenes is 1. The fourth-order valence-electron chi connectivity index (χ4n) is 14.4. The van der Waals surface area contributed by atoms with Crippen molar-refractivity contribution in [3.63, 3.8) is 0 Å². The molecule has 25 heteroatoms. The standard InChI is InChI=1S/C79H68N2O23/c1-12-13-14-15-61(83)81-18-16-39(17-19-81)51-32-56(82)52-33-57(102-48-26-41(73(87)95-6)22-42(27-48)74(88)96-7)64-67-60(104-50-30-45(77(91)99-10)24-46(31-50)78(92)100-11)36-55-63-54(71(85)80-79(55,4)93)35-59(103-49-28-43(75(89)97-8)23-44(29-49)76(90)98-9)66(69(63)67)65-58(34-53(62(52)68(64)65)70(84)38(51)3)101-47-21-37(2)20-40(25-47)72(86)94-5/h1,20-31,33-36,38-39,51,93H,13-19,32H2,2-11H3,(H,80,85). The lowest BCUT2D eigenvalue weighted by Crippen LogP contribution is -2.46. The number of nitrogens with zero attached hydrogens (tertiary/aromatic N) is 1. The molecule has 9 aromatic carbocycles. The average molecular weight is 1410 g/mol. The van der Waals surface area contributed by atoms with Gasteiger partial charge >= 0.3 is 41.8 Å². The summed E-state index contributed by atoms with van der Waals surface area (Å²) < 4.78 is 64.4. The molecule has 12 rings (SSSR count). The molecule has 3 atom stereocenters. The number of fused-ring (bicyclic) bond motifs is 2. The van der Waals surface area contributed by atoms with E-state index < -0.39 is 76.8 Å². The number of esters is 7. The van der Waals surface area contributed by atoms with Gasteiger partial charge in [-0.15, -0.1) is 12.3 Å². The van der Waals surface area contributed by atoms with E-state index in [9.17, 15) is 43.5 Å². The van der Waals surface area contributed by atoms with Crippen molar-refractivity contribution in [1.29, 1.82) is 0 Å². The van der Waals surface area contributed by atoms with Crippen molar-refractivity contribution in [2.45, 2.75) is 65.0 Å². The van der Waals surface area contributed by atoms with Gasteiger partial charge in [0.25, 0.3) is 5.91 Å². The molecule has 2 N–H and O–H groups in total. The number of hydrogen-bond acceptors (Lipinski definition) is 23. The number of benzene rings is 9. The first-order valence-corrected chi connectivity index (χ1v) is 32.8. The highest BCUT2D eigenvalue weighted by atomic mass is 16.6. The first kappa shape index (κ1) is 71.4. The number of piperidine rings is 1. The zero-order valence-corrected chi connectivity index (χ0v) is 58.1. The number of Topliss-reactive ketones (excluding diaryl/α,β-unsaturated/α-hetero) is 2. The van der Waals surface area contributed by atoms with E-state index in [0.717, 1.165) is 42.7 Å². The third-order valence-electron chi connectivity index (χ3n) is 19.2. The van der Waals surface area contributed by atoms with Gasteiger partial charge in [0.15, 0.2) is 17.3 Å². The molecule has 2 heterocycles. The van der Waals surface area contributed by atoms with Crippen LogP contribution in [-0.2, 0) is 43.7 Å². The maximum absolute atomic E-state index is 16.5. The minimum Gasteiger partial charge on any atom is -0.465 e. The molecule has 1 saturated heterocycles. The number of carbonyl (C=O) groups excluding carboxylic acids is 11. The Bertz CT molecular complexity index is 5140. The highest BCUT2D eigenvalue weighted by Crippen LogP contribution is 2.59. The largest absolute Gasteiger partial charge is 0.465 e. The Morgan fingerprint density at radius 2 is 0.856 bits per heavy atom. The fraction of sp³-hybridized carbons (Fsp3) is 0.278. The quantitative estimate of drug-likeness (QED) is 0.0190. The number of nitrogens with one attached hydrogen (secondary N) is 1. The third kappa shape index (κ3) is 13.1. The Morgan fingerprint density at radius 1 is 0.490 bits per heavy atom. The SMILES string of the molecule is C#CCCCC(=O)N1CCC(C2CC(=O)c3cc(Oc4cc(C(=O)OC)cc(C(=O)OC)c4)c4c5c(Oc6cc(C(=O)OC)cc(C(=O)OC)c6)cc6c7c(cc(Oc8cc(C(=O)OC)cc(C(=O)OC)c8)c(c8c(Oc9cc(C)cc(C(=O)OC)c9)cc(c3c84)C(=O)C2C)c75)C(=O)NC6(C)O)CC1. The van der Waals surface area contributed by atoms with Crippen LogP contribution in [0.3, 0.4) is 0 Å². The van der Waals surface area contributed by atoms with Crippen LogP contribution in [0.1, 0.15) is 167 Å². The molecule has 1 fully saturated rings. The molecule has 2 aliphatic heterocycles. The van der Waals surface area contributed by atoms with Gasteiger partial charge in [0.2, 0.25) is 5.91 Å². The number of likely N-dealkylation sites (tertiary alicyclic amines) is 1. The minimum atomic E-state index is -2.32. The molecule has 2 amide bonds. The van der Waals surface area contributed by atoms with Crippen LogP contribution in [-0.4, -0.2) is 138 Å². The van der Waals surface area contributed by atoms with E-state index in [1.165, 1.54) is 99.0 Å². The van der Waals surface area contributed by atoms with Gasteiger partial charge in [0.05, 0.1) is 94.3 Å². The van der Waals surface area contributed by atoms with Gasteiger partial charge < -0.3 is 67.4 Å². The maximum atomic E-state index is 16.5. The summed E-state index contributed by atoms with van der Waals surface area (Å²) in [6.45, 7) is 5.37. The molecule has 0 saturated carbocycles. The number of amides is 2. The number of aryl methyl sites for hydroxylation is 1. The van der Waals surface area contributed by atoms with Gasteiger partial charge in [-0.3, -0.25) is 19.2 Å². The molecule has 3 aliphatic rings. The Balaban J connectivity index is 1.30. The van der Waals surface area contributed by atoms with Crippen LogP contribution in [0.5, 0.6) is 46.0 Å². The summed E-state index contributed by atoms with van der Waals surface area (Å²) in [5.41, 5.74) is -3.48. The van der Waals surface area contributed by atoms with Gasteiger partial charge in [-0.1, -0.05) is 6.92 Å². The molecule has 0 radical (unpaired) electrons. The van der Waals surface area contributed by atoms with Crippen LogP contribution in [0.2, 0.25) is 0 Å². The minimum absolute atomic E-state index is 0.00123. The van der Waals surface area contributed by atoms with Crippen LogP contribution in [0.15, 0.2) is 97.1 Å². The molecule has 25 nitrogen and oxygen atoms in total. The van der Waals surface area contributed by atoms with Crippen LogP contribution in [0.25, 0.3) is 43.1 Å². The van der Waals surface area contributed by atoms with E-state index in [1.54, 1.807) is 30.9 Å². The average Bonchev–Trinajstić information content (AvgIpc) is 0.673. The summed E-state index contributed by atoms with van der Waals surface area (Å²) in [7, 11) is 7.88. The van der Waals surface area contributed by atoms with Crippen molar-refractivity contribution in [2.75, 3.05) is 62.9 Å². The number of rotatable bonds is 19. The Kier molecular flexibility index (Phi) is 19.6. The molecule has 1 aliphatic carbocycles. The lowest BCUT2D eigenvalue weighted by Gasteiger charge is -2.39. The summed E-state index contributed by atoms with van der Waals surface area (Å²) in [6, 6.07) is 21.2. The van der Waals surface area contributed by atoms with Gasteiger partial charge in [0.1, 0.15) is 46.0 Å². The highest BCUT2D eigenvalue weighted by Gasteiger charge is 2.44. The number of aliphatic hydroxyl groups is 1. The lowest BCUT2D eigenvalue weighted by molar-refractivity contribution is -0.133. The molecular weight excluding hydrogens is 1340 g/mol. The van der Waals surface area contributed by atoms with E-state index in [-0.39, 0.29) is 175 Å². The van der Waals surface area contributed by atoms with E-state index in [0.29, 0.717) is 44.3 Å². The number of unbranched alkanes of at least 4 members (excludes halogenated alkanes) is 1. The number of ketones is 2. The molecule has 0 bridgehead atoms. The topological polar surface area (TPSA) is 325 Å². The van der Waals surface area contributed by atoms with Crippen LogP contribution in [0, 0.1) is 37.0 Å².